The molecule has 0 aromatic heterocycles. The Bertz CT molecular complexity index is 399. The van der Waals surface area contributed by atoms with E-state index in [1.165, 1.54) is 0 Å². The fourth-order valence-corrected chi connectivity index (χ4v) is 2.00. The first-order valence-electron chi connectivity index (χ1n) is 6.38. The molecule has 0 saturated carbocycles. The van der Waals surface area contributed by atoms with Gasteiger partial charge in [0, 0.05) is 31.3 Å². The van der Waals surface area contributed by atoms with Crippen molar-refractivity contribution in [1.29, 1.82) is 0 Å². The predicted molar refractivity (Wildman–Crippen MR) is 79.9 cm³/mol. The minimum absolute atomic E-state index is 0.0168. The number of benzene rings is 1. The molecule has 2 N–H and O–H groups in total. The first kappa shape index (κ1) is 16.1. The molecule has 106 valence electrons. The van der Waals surface area contributed by atoms with Gasteiger partial charge in [-0.05, 0) is 25.0 Å². The Hall–Kier alpha value is -0.910. The van der Waals surface area contributed by atoms with Gasteiger partial charge in [-0.3, -0.25) is 4.79 Å². The summed E-state index contributed by atoms with van der Waals surface area (Å²) in [6.07, 6.45) is 0.833. The zero-order valence-corrected chi connectivity index (χ0v) is 13.0. The SMILES string of the molecule is COCCCNC(=O)C(C)NCc1ccccc1Br. The summed E-state index contributed by atoms with van der Waals surface area (Å²) in [5.74, 6) is 0.0168. The quantitative estimate of drug-likeness (QED) is 0.718. The minimum atomic E-state index is -0.213. The van der Waals surface area contributed by atoms with Crippen LogP contribution in [-0.2, 0) is 16.1 Å². The summed E-state index contributed by atoms with van der Waals surface area (Å²) in [6, 6.07) is 7.76. The van der Waals surface area contributed by atoms with E-state index in [0.717, 1.165) is 16.5 Å². The van der Waals surface area contributed by atoms with Gasteiger partial charge >= 0.3 is 0 Å². The summed E-state index contributed by atoms with van der Waals surface area (Å²) < 4.78 is 5.98. The largest absolute Gasteiger partial charge is 0.385 e. The zero-order valence-electron chi connectivity index (χ0n) is 11.4. The van der Waals surface area contributed by atoms with Gasteiger partial charge in [-0.1, -0.05) is 34.1 Å². The van der Waals surface area contributed by atoms with E-state index in [1.807, 2.05) is 31.2 Å². The van der Waals surface area contributed by atoms with Crippen LogP contribution in [0.3, 0.4) is 0 Å². The highest BCUT2D eigenvalue weighted by atomic mass is 79.9. The van der Waals surface area contributed by atoms with E-state index in [9.17, 15) is 4.79 Å². The Morgan fingerprint density at radius 1 is 1.42 bits per heavy atom. The molecular formula is C14H21BrN2O2. The number of nitrogens with one attached hydrogen (secondary N) is 2. The second-order valence-corrected chi connectivity index (χ2v) is 5.19. The summed E-state index contributed by atoms with van der Waals surface area (Å²) in [4.78, 5) is 11.8. The molecule has 5 heteroatoms. The Morgan fingerprint density at radius 2 is 2.16 bits per heavy atom. The lowest BCUT2D eigenvalue weighted by Gasteiger charge is -2.14. The highest BCUT2D eigenvalue weighted by molar-refractivity contribution is 9.10. The van der Waals surface area contributed by atoms with Crippen molar-refractivity contribution in [1.82, 2.24) is 10.6 Å². The van der Waals surface area contributed by atoms with Gasteiger partial charge in [0.05, 0.1) is 6.04 Å². The van der Waals surface area contributed by atoms with Crippen LogP contribution >= 0.6 is 15.9 Å². The molecule has 0 saturated heterocycles. The number of halogens is 1. The van der Waals surface area contributed by atoms with Crippen LogP contribution < -0.4 is 10.6 Å². The van der Waals surface area contributed by atoms with Crippen molar-refractivity contribution in [3.05, 3.63) is 34.3 Å². The molecule has 0 aliphatic heterocycles. The third-order valence-corrected chi connectivity index (χ3v) is 3.55. The Kier molecular flexibility index (Phi) is 7.70. The molecule has 1 rings (SSSR count). The van der Waals surface area contributed by atoms with Gasteiger partial charge in [0.2, 0.25) is 5.91 Å². The van der Waals surface area contributed by atoms with Crippen LogP contribution in [0.2, 0.25) is 0 Å². The third kappa shape index (κ3) is 6.18. The van der Waals surface area contributed by atoms with Crippen LogP contribution in [0.5, 0.6) is 0 Å². The van der Waals surface area contributed by atoms with E-state index < -0.39 is 0 Å². The lowest BCUT2D eigenvalue weighted by atomic mass is 10.2. The smallest absolute Gasteiger partial charge is 0.236 e. The Morgan fingerprint density at radius 3 is 2.84 bits per heavy atom. The predicted octanol–water partition coefficient (Wildman–Crippen LogP) is 2.08. The maximum Gasteiger partial charge on any atom is 0.236 e. The van der Waals surface area contributed by atoms with Crippen molar-refractivity contribution >= 4 is 21.8 Å². The number of amides is 1. The monoisotopic (exact) mass is 328 g/mol. The molecule has 1 unspecified atom stereocenters. The van der Waals surface area contributed by atoms with Crippen LogP contribution in [0.15, 0.2) is 28.7 Å². The molecule has 1 atom stereocenters. The van der Waals surface area contributed by atoms with Crippen molar-refractivity contribution in [2.45, 2.75) is 25.9 Å². The summed E-state index contributed by atoms with van der Waals surface area (Å²) >= 11 is 3.49. The molecule has 0 radical (unpaired) electrons. The first-order valence-corrected chi connectivity index (χ1v) is 7.18. The fourth-order valence-electron chi connectivity index (χ4n) is 1.58. The van der Waals surface area contributed by atoms with Gasteiger partial charge < -0.3 is 15.4 Å². The number of methoxy groups -OCH3 is 1. The standard InChI is InChI=1S/C14H21BrN2O2/c1-11(14(18)16-8-5-9-19-2)17-10-12-6-3-4-7-13(12)15/h3-4,6-7,11,17H,5,8-10H2,1-2H3,(H,16,18). The molecule has 1 aromatic carbocycles. The molecular weight excluding hydrogens is 308 g/mol. The number of ether oxygens (including phenoxy) is 1. The van der Waals surface area contributed by atoms with E-state index in [2.05, 4.69) is 26.6 Å². The van der Waals surface area contributed by atoms with E-state index in [0.29, 0.717) is 19.7 Å². The number of carbonyl (C=O) groups is 1. The summed E-state index contributed by atoms with van der Waals surface area (Å²) in [6.45, 7) is 3.84. The van der Waals surface area contributed by atoms with Crippen LogP contribution in [0.1, 0.15) is 18.9 Å². The molecule has 0 aliphatic carbocycles. The maximum atomic E-state index is 11.8. The molecule has 0 fully saturated rings. The second-order valence-electron chi connectivity index (χ2n) is 4.33. The lowest BCUT2D eigenvalue weighted by Crippen LogP contribution is -2.42. The first-order chi connectivity index (χ1) is 9.15. The van der Waals surface area contributed by atoms with E-state index in [-0.39, 0.29) is 11.9 Å². The van der Waals surface area contributed by atoms with Crippen LogP contribution in [0.4, 0.5) is 0 Å². The van der Waals surface area contributed by atoms with E-state index in [4.69, 9.17) is 4.74 Å². The van der Waals surface area contributed by atoms with Gasteiger partial charge in [0.25, 0.3) is 0 Å². The molecule has 1 aromatic rings. The van der Waals surface area contributed by atoms with Gasteiger partial charge in [-0.2, -0.15) is 0 Å². The van der Waals surface area contributed by atoms with Crippen molar-refractivity contribution < 1.29 is 9.53 Å². The van der Waals surface area contributed by atoms with Crippen LogP contribution in [0, 0.1) is 0 Å². The van der Waals surface area contributed by atoms with Crippen molar-refractivity contribution in [3.63, 3.8) is 0 Å². The van der Waals surface area contributed by atoms with Gasteiger partial charge in [0.1, 0.15) is 0 Å². The van der Waals surface area contributed by atoms with E-state index in [1.54, 1.807) is 7.11 Å². The highest BCUT2D eigenvalue weighted by Crippen LogP contribution is 2.15. The maximum absolute atomic E-state index is 11.8. The summed E-state index contributed by atoms with van der Waals surface area (Å²) in [5, 5.41) is 6.08. The average molecular weight is 329 g/mol. The summed E-state index contributed by atoms with van der Waals surface area (Å²) in [5.41, 5.74) is 1.14. The van der Waals surface area contributed by atoms with Gasteiger partial charge in [-0.15, -0.1) is 0 Å². The molecule has 0 heterocycles. The minimum Gasteiger partial charge on any atom is -0.385 e. The number of hydrogen-bond donors (Lipinski definition) is 2. The second kappa shape index (κ2) is 9.07. The van der Waals surface area contributed by atoms with Crippen LogP contribution in [0.25, 0.3) is 0 Å². The third-order valence-electron chi connectivity index (χ3n) is 2.77. The molecule has 0 aliphatic rings. The molecule has 4 nitrogen and oxygen atoms in total. The molecule has 1 amide bonds. The number of carbonyl (C=O) groups excluding carboxylic acids is 1. The summed E-state index contributed by atoms with van der Waals surface area (Å²) in [7, 11) is 1.66. The van der Waals surface area contributed by atoms with Gasteiger partial charge in [-0.25, -0.2) is 0 Å². The fraction of sp³-hybridized carbons (Fsp3) is 0.500. The Balaban J connectivity index is 2.28. The topological polar surface area (TPSA) is 50.4 Å². The van der Waals surface area contributed by atoms with Crippen LogP contribution in [-0.4, -0.2) is 32.2 Å². The average Bonchev–Trinajstić information content (AvgIpc) is 2.42. The highest BCUT2D eigenvalue weighted by Gasteiger charge is 2.11. The zero-order chi connectivity index (χ0) is 14.1. The van der Waals surface area contributed by atoms with Crippen molar-refractivity contribution in [2.75, 3.05) is 20.3 Å². The van der Waals surface area contributed by atoms with Crippen molar-refractivity contribution in [3.8, 4) is 0 Å². The Labute approximate surface area is 123 Å². The van der Waals surface area contributed by atoms with Crippen molar-refractivity contribution in [2.24, 2.45) is 0 Å². The van der Waals surface area contributed by atoms with E-state index >= 15 is 0 Å². The molecule has 0 spiro atoms. The molecule has 0 bridgehead atoms. The normalized spacial score (nSPS) is 12.2. The number of rotatable bonds is 8. The lowest BCUT2D eigenvalue weighted by molar-refractivity contribution is -0.122. The molecule has 19 heavy (non-hydrogen) atoms. The van der Waals surface area contributed by atoms with Gasteiger partial charge in [0.15, 0.2) is 0 Å². The number of hydrogen-bond acceptors (Lipinski definition) is 3.